The zero-order valence-corrected chi connectivity index (χ0v) is 14.3. The van der Waals surface area contributed by atoms with Gasteiger partial charge in [0.2, 0.25) is 5.91 Å². The molecule has 6 nitrogen and oxygen atoms in total. The highest BCUT2D eigenvalue weighted by Gasteiger charge is 2.43. The Labute approximate surface area is 147 Å². The van der Waals surface area contributed by atoms with E-state index in [4.69, 9.17) is 0 Å². The maximum absolute atomic E-state index is 12.0. The number of amides is 1. The Hall–Kier alpha value is -2.89. The lowest BCUT2D eigenvalue weighted by Gasteiger charge is -2.19. The summed E-state index contributed by atoms with van der Waals surface area (Å²) in [7, 11) is 1.70. The highest BCUT2D eigenvalue weighted by molar-refractivity contribution is 5.94. The Balaban J connectivity index is 1.46. The largest absolute Gasteiger partial charge is 0.356 e. The van der Waals surface area contributed by atoms with Gasteiger partial charge in [-0.2, -0.15) is 0 Å². The van der Waals surface area contributed by atoms with Crippen LogP contribution in [0, 0.1) is 0 Å². The van der Waals surface area contributed by atoms with Crippen LogP contribution in [0.4, 0.5) is 5.69 Å². The second kappa shape index (κ2) is 7.79. The average Bonchev–Trinajstić information content (AvgIpc) is 3.45. The number of aliphatic imine (C=N–C) groups is 1. The van der Waals surface area contributed by atoms with Crippen LogP contribution in [0.5, 0.6) is 0 Å². The van der Waals surface area contributed by atoms with E-state index >= 15 is 0 Å². The molecule has 2 aromatic rings. The molecular weight excluding hydrogens is 314 g/mol. The molecule has 1 aliphatic carbocycles. The molecule has 1 fully saturated rings. The minimum Gasteiger partial charge on any atom is -0.356 e. The molecule has 0 radical (unpaired) electrons. The van der Waals surface area contributed by atoms with Gasteiger partial charge < -0.3 is 16.0 Å². The SMILES string of the molecule is CN=C(NCC(=O)Nc1cccnc1)NCC1(c2ccccc2)CC1. The number of guanidine groups is 1. The van der Waals surface area contributed by atoms with E-state index in [9.17, 15) is 4.79 Å². The van der Waals surface area contributed by atoms with Gasteiger partial charge in [0, 0.05) is 25.2 Å². The number of nitrogens with zero attached hydrogens (tertiary/aromatic N) is 2. The first-order chi connectivity index (χ1) is 12.2. The summed E-state index contributed by atoms with van der Waals surface area (Å²) in [6.07, 6.45) is 5.62. The lowest BCUT2D eigenvalue weighted by molar-refractivity contribution is -0.115. The Morgan fingerprint density at radius 2 is 1.96 bits per heavy atom. The molecule has 0 atom stereocenters. The number of benzene rings is 1. The summed E-state index contributed by atoms with van der Waals surface area (Å²) in [5.74, 6) is 0.490. The van der Waals surface area contributed by atoms with Crippen molar-refractivity contribution in [2.75, 3.05) is 25.5 Å². The van der Waals surface area contributed by atoms with E-state index in [1.807, 2.05) is 6.07 Å². The molecule has 1 aliphatic rings. The maximum atomic E-state index is 12.0. The van der Waals surface area contributed by atoms with E-state index in [0.717, 1.165) is 6.54 Å². The molecule has 0 unspecified atom stereocenters. The van der Waals surface area contributed by atoms with Crippen molar-refractivity contribution in [3.63, 3.8) is 0 Å². The molecule has 1 heterocycles. The first-order valence-corrected chi connectivity index (χ1v) is 8.42. The van der Waals surface area contributed by atoms with Gasteiger partial charge in [0.05, 0.1) is 18.4 Å². The predicted octanol–water partition coefficient (Wildman–Crippen LogP) is 1.92. The molecule has 1 amide bonds. The number of hydrogen-bond acceptors (Lipinski definition) is 3. The average molecular weight is 337 g/mol. The quantitative estimate of drug-likeness (QED) is 0.556. The van der Waals surface area contributed by atoms with Crippen molar-refractivity contribution in [3.05, 3.63) is 60.4 Å². The molecule has 0 bridgehead atoms. The van der Waals surface area contributed by atoms with E-state index in [-0.39, 0.29) is 17.9 Å². The summed E-state index contributed by atoms with van der Waals surface area (Å²) >= 11 is 0. The van der Waals surface area contributed by atoms with Crippen LogP contribution in [0.2, 0.25) is 0 Å². The van der Waals surface area contributed by atoms with Gasteiger partial charge in [0.1, 0.15) is 0 Å². The molecular formula is C19H23N5O. The second-order valence-electron chi connectivity index (χ2n) is 6.22. The van der Waals surface area contributed by atoms with Crippen LogP contribution in [-0.4, -0.2) is 37.0 Å². The van der Waals surface area contributed by atoms with Gasteiger partial charge in [-0.1, -0.05) is 30.3 Å². The second-order valence-corrected chi connectivity index (χ2v) is 6.22. The van der Waals surface area contributed by atoms with Crippen molar-refractivity contribution < 1.29 is 4.79 Å². The van der Waals surface area contributed by atoms with Crippen molar-refractivity contribution in [2.45, 2.75) is 18.3 Å². The monoisotopic (exact) mass is 337 g/mol. The van der Waals surface area contributed by atoms with E-state index in [0.29, 0.717) is 11.6 Å². The number of nitrogens with one attached hydrogen (secondary N) is 3. The van der Waals surface area contributed by atoms with Gasteiger partial charge in [0.15, 0.2) is 5.96 Å². The fourth-order valence-corrected chi connectivity index (χ4v) is 2.79. The zero-order valence-electron chi connectivity index (χ0n) is 14.3. The molecule has 0 saturated heterocycles. The van der Waals surface area contributed by atoms with E-state index < -0.39 is 0 Å². The highest BCUT2D eigenvalue weighted by Crippen LogP contribution is 2.47. The van der Waals surface area contributed by atoms with Crippen LogP contribution >= 0.6 is 0 Å². The fraction of sp³-hybridized carbons (Fsp3) is 0.316. The third-order valence-corrected chi connectivity index (χ3v) is 4.42. The summed E-state index contributed by atoms with van der Waals surface area (Å²) in [4.78, 5) is 20.1. The molecule has 25 heavy (non-hydrogen) atoms. The standard InChI is InChI=1S/C19H23N5O/c1-20-18(22-13-17(25)24-16-8-5-11-21-12-16)23-14-19(9-10-19)15-6-3-2-4-7-15/h2-8,11-12H,9-10,13-14H2,1H3,(H,24,25)(H2,20,22,23). The Bertz CT molecular complexity index is 726. The molecule has 1 aromatic heterocycles. The smallest absolute Gasteiger partial charge is 0.243 e. The van der Waals surface area contributed by atoms with Gasteiger partial charge in [-0.25, -0.2) is 0 Å². The molecule has 1 saturated carbocycles. The number of aromatic nitrogens is 1. The molecule has 1 aromatic carbocycles. The number of carbonyl (C=O) groups is 1. The third kappa shape index (κ3) is 4.56. The van der Waals surface area contributed by atoms with Gasteiger partial charge in [-0.05, 0) is 30.5 Å². The normalized spacial score (nSPS) is 15.3. The van der Waals surface area contributed by atoms with Gasteiger partial charge in [-0.15, -0.1) is 0 Å². The minimum absolute atomic E-state index is 0.139. The summed E-state index contributed by atoms with van der Waals surface area (Å²) in [6, 6.07) is 14.1. The summed E-state index contributed by atoms with van der Waals surface area (Å²) in [6.45, 7) is 0.952. The van der Waals surface area contributed by atoms with Crippen LogP contribution in [0.1, 0.15) is 18.4 Å². The Morgan fingerprint density at radius 1 is 1.16 bits per heavy atom. The topological polar surface area (TPSA) is 78.4 Å². The number of hydrogen-bond donors (Lipinski definition) is 3. The van der Waals surface area contributed by atoms with E-state index in [1.165, 1.54) is 18.4 Å². The van der Waals surface area contributed by atoms with Crippen molar-refractivity contribution in [1.82, 2.24) is 15.6 Å². The molecule has 130 valence electrons. The van der Waals surface area contributed by atoms with Crippen LogP contribution in [-0.2, 0) is 10.2 Å². The van der Waals surface area contributed by atoms with Gasteiger partial charge >= 0.3 is 0 Å². The highest BCUT2D eigenvalue weighted by atomic mass is 16.1. The first kappa shape index (κ1) is 17.0. The van der Waals surface area contributed by atoms with Crippen molar-refractivity contribution in [3.8, 4) is 0 Å². The van der Waals surface area contributed by atoms with Crippen molar-refractivity contribution in [2.24, 2.45) is 4.99 Å². The molecule has 3 N–H and O–H groups in total. The molecule has 0 spiro atoms. The first-order valence-electron chi connectivity index (χ1n) is 8.42. The Kier molecular flexibility index (Phi) is 5.28. The van der Waals surface area contributed by atoms with Crippen molar-refractivity contribution in [1.29, 1.82) is 0 Å². The van der Waals surface area contributed by atoms with Crippen LogP contribution in [0.3, 0.4) is 0 Å². The van der Waals surface area contributed by atoms with Crippen LogP contribution < -0.4 is 16.0 Å². The number of carbonyl (C=O) groups excluding carboxylic acids is 1. The zero-order chi connectivity index (χ0) is 17.5. The van der Waals surface area contributed by atoms with Crippen LogP contribution in [0.15, 0.2) is 59.9 Å². The van der Waals surface area contributed by atoms with Gasteiger partial charge in [-0.3, -0.25) is 14.8 Å². The summed E-state index contributed by atoms with van der Waals surface area (Å²) < 4.78 is 0. The third-order valence-electron chi connectivity index (χ3n) is 4.42. The predicted molar refractivity (Wildman–Crippen MR) is 99.6 cm³/mol. The number of pyridine rings is 1. The van der Waals surface area contributed by atoms with Gasteiger partial charge in [0.25, 0.3) is 0 Å². The van der Waals surface area contributed by atoms with Crippen LogP contribution in [0.25, 0.3) is 0 Å². The Morgan fingerprint density at radius 3 is 2.60 bits per heavy atom. The van der Waals surface area contributed by atoms with E-state index in [1.54, 1.807) is 31.6 Å². The molecule has 3 rings (SSSR count). The molecule has 0 aliphatic heterocycles. The lowest BCUT2D eigenvalue weighted by atomic mass is 9.96. The summed E-state index contributed by atoms with van der Waals surface area (Å²) in [5, 5.41) is 9.17. The number of rotatable bonds is 6. The van der Waals surface area contributed by atoms with E-state index in [2.05, 4.69) is 50.2 Å². The fourth-order valence-electron chi connectivity index (χ4n) is 2.79. The number of anilines is 1. The van der Waals surface area contributed by atoms with Crippen molar-refractivity contribution >= 4 is 17.6 Å². The molecule has 6 heteroatoms. The maximum Gasteiger partial charge on any atom is 0.243 e. The summed E-state index contributed by atoms with van der Waals surface area (Å²) in [5.41, 5.74) is 2.22. The minimum atomic E-state index is -0.139. The lowest BCUT2D eigenvalue weighted by Crippen LogP contribution is -2.44.